The highest BCUT2D eigenvalue weighted by Gasteiger charge is 2.37. The lowest BCUT2D eigenvalue weighted by molar-refractivity contribution is -0.116. The summed E-state index contributed by atoms with van der Waals surface area (Å²) in [6.07, 6.45) is 0.785. The molecular weight excluding hydrogens is 386 g/mol. The maximum absolute atomic E-state index is 12.7. The molecular formula is C19H22ClN3O3S. The second-order valence-electron chi connectivity index (χ2n) is 6.36. The lowest BCUT2D eigenvalue weighted by Crippen LogP contribution is -2.38. The van der Waals surface area contributed by atoms with Crippen LogP contribution in [0, 0.1) is 0 Å². The molecule has 1 aliphatic rings. The molecule has 1 aliphatic heterocycles. The highest BCUT2D eigenvalue weighted by atomic mass is 35.5. The molecule has 0 bridgehead atoms. The molecule has 0 aromatic heterocycles. The third kappa shape index (κ3) is 4.68. The van der Waals surface area contributed by atoms with Crippen molar-refractivity contribution < 1.29 is 13.2 Å². The van der Waals surface area contributed by atoms with Gasteiger partial charge in [-0.1, -0.05) is 48.9 Å². The van der Waals surface area contributed by atoms with Gasteiger partial charge in [0.1, 0.15) is 0 Å². The van der Waals surface area contributed by atoms with Gasteiger partial charge in [0.2, 0.25) is 5.91 Å². The number of nitrogens with zero attached hydrogens (tertiary/aromatic N) is 2. The zero-order chi connectivity index (χ0) is 19.4. The van der Waals surface area contributed by atoms with Crippen molar-refractivity contribution in [3.63, 3.8) is 0 Å². The fraction of sp³-hybridized carbons (Fsp3) is 0.316. The average molecular weight is 408 g/mol. The van der Waals surface area contributed by atoms with Gasteiger partial charge < -0.3 is 5.32 Å². The van der Waals surface area contributed by atoms with Gasteiger partial charge in [-0.15, -0.1) is 0 Å². The second-order valence-corrected chi connectivity index (χ2v) is 8.73. The molecule has 0 saturated carbocycles. The van der Waals surface area contributed by atoms with Crippen molar-refractivity contribution in [1.82, 2.24) is 8.61 Å². The van der Waals surface area contributed by atoms with E-state index in [1.54, 1.807) is 24.3 Å². The molecule has 2 aromatic rings. The number of hydrogen-bond donors (Lipinski definition) is 1. The Labute approximate surface area is 164 Å². The number of benzene rings is 2. The van der Waals surface area contributed by atoms with E-state index in [1.807, 2.05) is 31.2 Å². The molecule has 1 N–H and O–H groups in total. The third-order valence-electron chi connectivity index (χ3n) is 4.52. The van der Waals surface area contributed by atoms with E-state index in [-0.39, 0.29) is 19.0 Å². The van der Waals surface area contributed by atoms with E-state index in [0.29, 0.717) is 18.1 Å². The zero-order valence-electron chi connectivity index (χ0n) is 15.1. The monoisotopic (exact) mass is 407 g/mol. The molecule has 8 heteroatoms. The first-order chi connectivity index (χ1) is 12.9. The van der Waals surface area contributed by atoms with Crippen molar-refractivity contribution in [1.29, 1.82) is 0 Å². The number of anilines is 1. The van der Waals surface area contributed by atoms with Gasteiger partial charge in [0.05, 0.1) is 6.54 Å². The Balaban J connectivity index is 1.64. The van der Waals surface area contributed by atoms with Crippen LogP contribution < -0.4 is 5.32 Å². The largest absolute Gasteiger partial charge is 0.325 e. The summed E-state index contributed by atoms with van der Waals surface area (Å²) in [5.74, 6) is -0.340. The number of halogens is 1. The number of amides is 1. The molecule has 1 amide bonds. The summed E-state index contributed by atoms with van der Waals surface area (Å²) in [6, 6.07) is 14.6. The number of para-hydroxylation sites is 1. The van der Waals surface area contributed by atoms with Crippen molar-refractivity contribution in [3.8, 4) is 0 Å². The summed E-state index contributed by atoms with van der Waals surface area (Å²) < 4.78 is 28.0. The van der Waals surface area contributed by atoms with Crippen LogP contribution in [0.5, 0.6) is 0 Å². The highest BCUT2D eigenvalue weighted by Crippen LogP contribution is 2.21. The fourth-order valence-electron chi connectivity index (χ4n) is 3.03. The Morgan fingerprint density at radius 3 is 2.44 bits per heavy atom. The van der Waals surface area contributed by atoms with Crippen molar-refractivity contribution >= 4 is 33.4 Å². The van der Waals surface area contributed by atoms with E-state index in [9.17, 15) is 13.2 Å². The number of carbonyl (C=O) groups excluding carboxylic acids is 1. The number of nitrogens with one attached hydrogen (secondary N) is 1. The van der Waals surface area contributed by atoms with Gasteiger partial charge in [-0.3, -0.25) is 4.79 Å². The van der Waals surface area contributed by atoms with Gasteiger partial charge in [-0.05, 0) is 35.7 Å². The van der Waals surface area contributed by atoms with Gasteiger partial charge in [0, 0.05) is 30.3 Å². The molecule has 0 unspecified atom stereocenters. The van der Waals surface area contributed by atoms with E-state index in [4.69, 9.17) is 11.6 Å². The molecule has 1 saturated heterocycles. The third-order valence-corrected chi connectivity index (χ3v) is 6.70. The summed E-state index contributed by atoms with van der Waals surface area (Å²) in [7, 11) is -3.67. The van der Waals surface area contributed by atoms with Crippen molar-refractivity contribution in [3.05, 3.63) is 64.7 Å². The van der Waals surface area contributed by atoms with Crippen LogP contribution in [0.1, 0.15) is 18.1 Å². The first kappa shape index (κ1) is 19.8. The van der Waals surface area contributed by atoms with E-state index in [2.05, 4.69) is 5.32 Å². The predicted molar refractivity (Wildman–Crippen MR) is 107 cm³/mol. The van der Waals surface area contributed by atoms with Gasteiger partial charge in [-0.25, -0.2) is 0 Å². The zero-order valence-corrected chi connectivity index (χ0v) is 16.6. The summed E-state index contributed by atoms with van der Waals surface area (Å²) in [4.78, 5) is 12.4. The number of aryl methyl sites for hydroxylation is 1. The van der Waals surface area contributed by atoms with E-state index in [1.165, 1.54) is 8.61 Å². The summed E-state index contributed by atoms with van der Waals surface area (Å²) >= 11 is 5.87. The van der Waals surface area contributed by atoms with Gasteiger partial charge >= 0.3 is 0 Å². The Morgan fingerprint density at radius 1 is 1.07 bits per heavy atom. The lowest BCUT2D eigenvalue weighted by Gasteiger charge is -2.19. The Kier molecular flexibility index (Phi) is 6.16. The number of hydrogen-bond acceptors (Lipinski definition) is 3. The molecule has 144 valence electrons. The molecule has 27 heavy (non-hydrogen) atoms. The van der Waals surface area contributed by atoms with Crippen molar-refractivity contribution in [2.24, 2.45) is 0 Å². The Hall–Kier alpha value is -1.93. The average Bonchev–Trinajstić information content (AvgIpc) is 2.91. The molecule has 1 heterocycles. The van der Waals surface area contributed by atoms with Gasteiger partial charge in [-0.2, -0.15) is 17.0 Å². The molecule has 3 rings (SSSR count). The summed E-state index contributed by atoms with van der Waals surface area (Å²) in [5, 5.41) is 3.42. The van der Waals surface area contributed by atoms with Crippen LogP contribution in [-0.2, 0) is 28.0 Å². The minimum Gasteiger partial charge on any atom is -0.325 e. The number of carbonyl (C=O) groups is 1. The first-order valence-electron chi connectivity index (χ1n) is 8.77. The quantitative estimate of drug-likeness (QED) is 0.800. The minimum absolute atomic E-state index is 0.197. The van der Waals surface area contributed by atoms with Crippen molar-refractivity contribution in [2.75, 3.05) is 25.0 Å². The molecule has 6 nitrogen and oxygen atoms in total. The Bertz CT molecular complexity index is 916. The molecule has 1 fully saturated rings. The van der Waals surface area contributed by atoms with Crippen LogP contribution in [0.4, 0.5) is 5.69 Å². The van der Waals surface area contributed by atoms with Crippen molar-refractivity contribution in [2.45, 2.75) is 19.9 Å². The molecule has 0 radical (unpaired) electrons. The van der Waals surface area contributed by atoms with Crippen LogP contribution in [0.15, 0.2) is 48.5 Å². The maximum atomic E-state index is 12.7. The van der Waals surface area contributed by atoms with Crippen LogP contribution in [-0.4, -0.2) is 42.6 Å². The fourth-order valence-corrected chi connectivity index (χ4v) is 4.70. The molecule has 2 aromatic carbocycles. The second kappa shape index (κ2) is 8.39. The first-order valence-corrected chi connectivity index (χ1v) is 10.5. The summed E-state index contributed by atoms with van der Waals surface area (Å²) in [6.45, 7) is 2.71. The van der Waals surface area contributed by atoms with Crippen LogP contribution in [0.3, 0.4) is 0 Å². The molecule has 0 spiro atoms. The topological polar surface area (TPSA) is 69.7 Å². The predicted octanol–water partition coefficient (Wildman–Crippen LogP) is 2.90. The minimum atomic E-state index is -3.67. The number of rotatable bonds is 6. The normalized spacial score (nSPS) is 17.1. The van der Waals surface area contributed by atoms with Crippen LogP contribution >= 0.6 is 11.6 Å². The van der Waals surface area contributed by atoms with Crippen LogP contribution in [0.25, 0.3) is 0 Å². The van der Waals surface area contributed by atoms with Gasteiger partial charge in [0.25, 0.3) is 10.2 Å². The van der Waals surface area contributed by atoms with E-state index >= 15 is 0 Å². The van der Waals surface area contributed by atoms with Gasteiger partial charge in [0.15, 0.2) is 0 Å². The molecule has 0 aliphatic carbocycles. The smallest absolute Gasteiger partial charge is 0.282 e. The van der Waals surface area contributed by atoms with E-state index < -0.39 is 10.2 Å². The molecule has 0 atom stereocenters. The highest BCUT2D eigenvalue weighted by molar-refractivity contribution is 7.87. The van der Waals surface area contributed by atoms with Crippen LogP contribution in [0.2, 0.25) is 5.02 Å². The SMILES string of the molecule is CCc1ccccc1NC(=O)CN1CCN(Cc2ccc(Cl)cc2)S1(=O)=O. The van der Waals surface area contributed by atoms with E-state index in [0.717, 1.165) is 23.2 Å². The summed E-state index contributed by atoms with van der Waals surface area (Å²) in [5.41, 5.74) is 2.59. The lowest BCUT2D eigenvalue weighted by atomic mass is 10.1. The Morgan fingerprint density at radius 2 is 1.74 bits per heavy atom. The standard InChI is InChI=1S/C19H22ClN3O3S/c1-2-16-5-3-4-6-18(16)21-19(24)14-23-12-11-22(27(23,25)26)13-15-7-9-17(20)10-8-15/h3-10H,2,11-14H2,1H3,(H,21,24). The maximum Gasteiger partial charge on any atom is 0.282 e.